The highest BCUT2D eigenvalue weighted by molar-refractivity contribution is 5.88. The van der Waals surface area contributed by atoms with Crippen LogP contribution in [-0.4, -0.2) is 42.6 Å². The molecule has 9 nitrogen and oxygen atoms in total. The van der Waals surface area contributed by atoms with Gasteiger partial charge in [0.05, 0.1) is 11.9 Å². The Morgan fingerprint density at radius 3 is 2.45 bits per heavy atom. The number of benzene rings is 1. The van der Waals surface area contributed by atoms with Gasteiger partial charge >= 0.3 is 12.1 Å². The molecule has 12 heteroatoms. The van der Waals surface area contributed by atoms with Crippen LogP contribution in [0.2, 0.25) is 0 Å². The smallest absolute Gasteiger partial charge is 0.430 e. The van der Waals surface area contributed by atoms with Gasteiger partial charge in [-0.3, -0.25) is 9.20 Å². The summed E-state index contributed by atoms with van der Waals surface area (Å²) in [6.07, 6.45) is -3.01. The highest BCUT2D eigenvalue weighted by Crippen LogP contribution is 2.40. The maximum absolute atomic E-state index is 13.4. The predicted octanol–water partition coefficient (Wildman–Crippen LogP) is 1.22. The minimum atomic E-state index is -5.37. The molecule has 152 valence electrons. The highest BCUT2D eigenvalue weighted by atomic mass is 19.4. The van der Waals surface area contributed by atoms with E-state index in [1.165, 1.54) is 16.7 Å². The van der Waals surface area contributed by atoms with E-state index in [9.17, 15) is 27.9 Å². The second-order valence-corrected chi connectivity index (χ2v) is 6.26. The number of aromatic nitrogens is 3. The lowest BCUT2D eigenvalue weighted by Crippen LogP contribution is -2.52. The van der Waals surface area contributed by atoms with Crippen LogP contribution in [0, 0.1) is 6.92 Å². The Morgan fingerprint density at radius 2 is 1.90 bits per heavy atom. The van der Waals surface area contributed by atoms with Crippen molar-refractivity contribution >= 4 is 23.3 Å². The Kier molecular flexibility index (Phi) is 4.46. The number of hydrogen-bond acceptors (Lipinski definition) is 6. The van der Waals surface area contributed by atoms with Crippen LogP contribution in [0.25, 0.3) is 16.9 Å². The summed E-state index contributed by atoms with van der Waals surface area (Å²) in [4.78, 5) is 30.4. The summed E-state index contributed by atoms with van der Waals surface area (Å²) in [6.45, 7) is 1.57. The lowest BCUT2D eigenvalue weighted by Gasteiger charge is -2.28. The van der Waals surface area contributed by atoms with Crippen LogP contribution >= 0.6 is 0 Å². The number of imidazole rings is 1. The topological polar surface area (TPSA) is 157 Å². The number of carboxylic acids is 1. The summed E-state index contributed by atoms with van der Waals surface area (Å²) >= 11 is 0. The molecule has 0 aliphatic heterocycles. The number of anilines is 1. The van der Waals surface area contributed by atoms with E-state index >= 15 is 0 Å². The maximum Gasteiger partial charge on any atom is 0.430 e. The first-order chi connectivity index (χ1) is 13.4. The van der Waals surface area contributed by atoms with Crippen molar-refractivity contribution < 1.29 is 33.0 Å². The number of carbonyl (C=O) groups excluding carboxylic acids is 1. The normalized spacial score (nSPS) is 14.0. The van der Waals surface area contributed by atoms with Gasteiger partial charge in [0.25, 0.3) is 11.5 Å². The summed E-state index contributed by atoms with van der Waals surface area (Å²) in [6, 6.07) is 3.12. The van der Waals surface area contributed by atoms with E-state index < -0.39 is 34.9 Å². The van der Waals surface area contributed by atoms with Crippen LogP contribution in [0.1, 0.15) is 21.6 Å². The third-order valence-corrected chi connectivity index (χ3v) is 4.44. The standard InChI is InChI=1S/C17H14F3N5O4/c1-7-2-3-8(16(29,15(22)28)17(18,19)20)4-9(7)11-5-23-13-12(21)24-10(14(26)27)6-25(11)13/h2-6,29H,1H3,(H2,21,24)(H2,22,28)(H,26,27). The average molecular weight is 409 g/mol. The SMILES string of the molecule is Cc1ccc(C(O)(C(N)=O)C(F)(F)F)cc1-c1cnc2c(N)nc(C(=O)O)cn12. The van der Waals surface area contributed by atoms with Crippen molar-refractivity contribution in [1.82, 2.24) is 14.4 Å². The minimum Gasteiger partial charge on any atom is -0.476 e. The molecule has 0 spiro atoms. The Hall–Kier alpha value is -3.67. The quantitative estimate of drug-likeness (QED) is 0.504. The molecule has 1 amide bonds. The number of aryl methyl sites for hydroxylation is 1. The fourth-order valence-corrected chi connectivity index (χ4v) is 2.88. The fraction of sp³-hybridized carbons (Fsp3) is 0.176. The molecule has 0 saturated carbocycles. The third kappa shape index (κ3) is 3.02. The number of aliphatic hydroxyl groups is 1. The van der Waals surface area contributed by atoms with Gasteiger partial charge in [0.2, 0.25) is 0 Å². The van der Waals surface area contributed by atoms with Crippen molar-refractivity contribution in [3.8, 4) is 11.3 Å². The van der Waals surface area contributed by atoms with Gasteiger partial charge in [0.15, 0.2) is 17.2 Å². The monoisotopic (exact) mass is 409 g/mol. The van der Waals surface area contributed by atoms with Crippen molar-refractivity contribution in [2.24, 2.45) is 5.73 Å². The molecule has 3 aromatic rings. The Morgan fingerprint density at radius 1 is 1.24 bits per heavy atom. The van der Waals surface area contributed by atoms with Gasteiger partial charge < -0.3 is 21.7 Å². The van der Waals surface area contributed by atoms with Crippen LogP contribution in [0.3, 0.4) is 0 Å². The summed E-state index contributed by atoms with van der Waals surface area (Å²) in [5.41, 5.74) is 6.28. The molecule has 0 aliphatic carbocycles. The van der Waals surface area contributed by atoms with E-state index in [1.807, 2.05) is 0 Å². The molecule has 0 saturated heterocycles. The maximum atomic E-state index is 13.4. The Balaban J connectivity index is 2.30. The summed E-state index contributed by atoms with van der Waals surface area (Å²) < 4.78 is 41.5. The minimum absolute atomic E-state index is 0.0794. The Bertz CT molecular complexity index is 1160. The molecular weight excluding hydrogens is 395 g/mol. The molecule has 1 aromatic carbocycles. The number of aromatic carboxylic acids is 1. The van der Waals surface area contributed by atoms with Crippen LogP contribution in [0.15, 0.2) is 30.6 Å². The first-order valence-corrected chi connectivity index (χ1v) is 7.95. The number of carbonyl (C=O) groups is 2. The van der Waals surface area contributed by atoms with Gasteiger partial charge in [-0.15, -0.1) is 0 Å². The zero-order chi connectivity index (χ0) is 21.7. The lowest BCUT2D eigenvalue weighted by molar-refractivity contribution is -0.255. The molecule has 6 N–H and O–H groups in total. The predicted molar refractivity (Wildman–Crippen MR) is 93.7 cm³/mol. The van der Waals surface area contributed by atoms with Crippen LogP contribution in [0.4, 0.5) is 19.0 Å². The number of carboxylic acid groups (broad SMARTS) is 1. The molecular formula is C17H14F3N5O4. The van der Waals surface area contributed by atoms with Crippen molar-refractivity contribution in [2.75, 3.05) is 5.73 Å². The largest absolute Gasteiger partial charge is 0.476 e. The van der Waals surface area contributed by atoms with E-state index in [0.717, 1.165) is 18.3 Å². The average Bonchev–Trinajstić information content (AvgIpc) is 3.04. The lowest BCUT2D eigenvalue weighted by atomic mass is 9.89. The van der Waals surface area contributed by atoms with E-state index in [2.05, 4.69) is 9.97 Å². The number of nitrogen functional groups attached to an aromatic ring is 1. The first-order valence-electron chi connectivity index (χ1n) is 7.95. The molecule has 0 aliphatic rings. The molecule has 3 rings (SSSR count). The fourth-order valence-electron chi connectivity index (χ4n) is 2.88. The van der Waals surface area contributed by atoms with E-state index in [0.29, 0.717) is 5.56 Å². The van der Waals surface area contributed by atoms with Gasteiger partial charge in [-0.25, -0.2) is 14.8 Å². The van der Waals surface area contributed by atoms with Crippen molar-refractivity contribution in [3.63, 3.8) is 0 Å². The van der Waals surface area contributed by atoms with Crippen LogP contribution < -0.4 is 11.5 Å². The second-order valence-electron chi connectivity index (χ2n) is 6.26. The van der Waals surface area contributed by atoms with E-state index in [1.54, 1.807) is 6.92 Å². The zero-order valence-electron chi connectivity index (χ0n) is 14.7. The van der Waals surface area contributed by atoms with Crippen molar-refractivity contribution in [3.05, 3.63) is 47.4 Å². The number of nitrogens with two attached hydrogens (primary N) is 2. The number of alkyl halides is 3. The van der Waals surface area contributed by atoms with Gasteiger partial charge in [-0.2, -0.15) is 13.2 Å². The zero-order valence-corrected chi connectivity index (χ0v) is 14.7. The third-order valence-electron chi connectivity index (χ3n) is 4.44. The van der Waals surface area contributed by atoms with Crippen LogP contribution in [0.5, 0.6) is 0 Å². The molecule has 2 aromatic heterocycles. The summed E-state index contributed by atoms with van der Waals surface area (Å²) in [5, 5.41) is 19.2. The van der Waals surface area contributed by atoms with Gasteiger partial charge in [-0.1, -0.05) is 12.1 Å². The molecule has 0 fully saturated rings. The Labute approximate surface area is 160 Å². The first kappa shape index (κ1) is 20.1. The van der Waals surface area contributed by atoms with Gasteiger partial charge in [-0.05, 0) is 18.6 Å². The van der Waals surface area contributed by atoms with Crippen molar-refractivity contribution in [2.45, 2.75) is 18.7 Å². The summed E-state index contributed by atoms with van der Waals surface area (Å²) in [7, 11) is 0. The number of primary amides is 1. The van der Waals surface area contributed by atoms with E-state index in [-0.39, 0.29) is 22.7 Å². The van der Waals surface area contributed by atoms with Gasteiger partial charge in [0, 0.05) is 17.3 Å². The molecule has 1 unspecified atom stereocenters. The number of halogens is 3. The number of fused-ring (bicyclic) bond motifs is 1. The van der Waals surface area contributed by atoms with Crippen molar-refractivity contribution in [1.29, 1.82) is 0 Å². The molecule has 0 bridgehead atoms. The second kappa shape index (κ2) is 6.44. The van der Waals surface area contributed by atoms with E-state index in [4.69, 9.17) is 16.6 Å². The molecule has 1 atom stereocenters. The molecule has 29 heavy (non-hydrogen) atoms. The molecule has 0 radical (unpaired) electrons. The van der Waals surface area contributed by atoms with Gasteiger partial charge in [0.1, 0.15) is 0 Å². The molecule has 2 heterocycles. The number of rotatable bonds is 4. The number of amides is 1. The number of nitrogens with zero attached hydrogens (tertiary/aromatic N) is 3. The number of hydrogen-bond donors (Lipinski definition) is 4. The van der Waals surface area contributed by atoms with Crippen LogP contribution in [-0.2, 0) is 10.4 Å². The summed E-state index contributed by atoms with van der Waals surface area (Å²) in [5.74, 6) is -3.56. The highest BCUT2D eigenvalue weighted by Gasteiger charge is 2.60.